The van der Waals surface area contributed by atoms with Crippen molar-refractivity contribution in [1.29, 1.82) is 0 Å². The van der Waals surface area contributed by atoms with E-state index < -0.39 is 0 Å². The molecule has 0 aliphatic carbocycles. The first-order valence-electron chi connectivity index (χ1n) is 9.59. The monoisotopic (exact) mass is 401 g/mol. The van der Waals surface area contributed by atoms with E-state index in [0.29, 0.717) is 24.0 Å². The molecule has 8 nitrogen and oxygen atoms in total. The molecule has 0 radical (unpaired) electrons. The van der Waals surface area contributed by atoms with E-state index in [0.717, 1.165) is 29.0 Å². The zero-order valence-corrected chi connectivity index (χ0v) is 15.7. The molecule has 0 saturated heterocycles. The SMILES string of the molecule is Fc1ccc(-c2nnc(N3CCc4[nH]cnc4[C@@H]3c3cc4ccccn4n3)o2)cc1. The van der Waals surface area contributed by atoms with Crippen molar-refractivity contribution in [2.75, 3.05) is 11.4 Å². The highest BCUT2D eigenvalue weighted by Crippen LogP contribution is 2.37. The van der Waals surface area contributed by atoms with Crippen molar-refractivity contribution in [2.45, 2.75) is 12.5 Å². The number of anilines is 1. The maximum atomic E-state index is 13.2. The van der Waals surface area contributed by atoms with Gasteiger partial charge in [-0.15, -0.1) is 5.10 Å². The average Bonchev–Trinajstić information content (AvgIpc) is 3.51. The Balaban J connectivity index is 1.43. The summed E-state index contributed by atoms with van der Waals surface area (Å²) in [4.78, 5) is 9.80. The van der Waals surface area contributed by atoms with E-state index in [-0.39, 0.29) is 11.9 Å². The Morgan fingerprint density at radius 1 is 1.10 bits per heavy atom. The van der Waals surface area contributed by atoms with Crippen LogP contribution < -0.4 is 4.90 Å². The van der Waals surface area contributed by atoms with E-state index in [1.165, 1.54) is 12.1 Å². The predicted molar refractivity (Wildman–Crippen MR) is 106 cm³/mol. The molecule has 0 amide bonds. The number of imidazole rings is 1. The summed E-state index contributed by atoms with van der Waals surface area (Å²) in [6.45, 7) is 0.665. The topological polar surface area (TPSA) is 88.1 Å². The lowest BCUT2D eigenvalue weighted by Gasteiger charge is -2.32. The molecule has 9 heteroatoms. The number of aromatic amines is 1. The Hall–Kier alpha value is -4.01. The smallest absolute Gasteiger partial charge is 0.319 e. The number of halogens is 1. The molecular formula is C21H16FN7O. The van der Waals surface area contributed by atoms with Gasteiger partial charge in [-0.2, -0.15) is 5.10 Å². The van der Waals surface area contributed by atoms with Crippen LogP contribution in [-0.2, 0) is 6.42 Å². The van der Waals surface area contributed by atoms with Crippen molar-refractivity contribution < 1.29 is 8.81 Å². The number of fused-ring (bicyclic) bond motifs is 2. The van der Waals surface area contributed by atoms with E-state index in [9.17, 15) is 4.39 Å². The van der Waals surface area contributed by atoms with Gasteiger partial charge in [0.05, 0.1) is 23.2 Å². The van der Waals surface area contributed by atoms with Gasteiger partial charge in [-0.1, -0.05) is 11.2 Å². The molecule has 0 unspecified atom stereocenters. The Morgan fingerprint density at radius 2 is 2.00 bits per heavy atom. The quantitative estimate of drug-likeness (QED) is 0.499. The van der Waals surface area contributed by atoms with Crippen molar-refractivity contribution in [3.8, 4) is 11.5 Å². The molecular weight excluding hydrogens is 385 g/mol. The lowest BCUT2D eigenvalue weighted by Crippen LogP contribution is -2.36. The Kier molecular flexibility index (Phi) is 3.67. The van der Waals surface area contributed by atoms with E-state index in [1.54, 1.807) is 18.5 Å². The van der Waals surface area contributed by atoms with Crippen LogP contribution in [0.25, 0.3) is 17.0 Å². The van der Waals surface area contributed by atoms with Crippen LogP contribution in [0.4, 0.5) is 10.4 Å². The summed E-state index contributed by atoms with van der Waals surface area (Å²) in [5, 5.41) is 13.2. The summed E-state index contributed by atoms with van der Waals surface area (Å²) in [5.41, 5.74) is 4.47. The predicted octanol–water partition coefficient (Wildman–Crippen LogP) is 3.40. The second-order valence-corrected chi connectivity index (χ2v) is 7.15. The number of hydrogen-bond acceptors (Lipinski definition) is 6. The van der Waals surface area contributed by atoms with Crippen LogP contribution in [0.1, 0.15) is 23.1 Å². The minimum atomic E-state index is -0.313. The van der Waals surface area contributed by atoms with Crippen molar-refractivity contribution >= 4 is 11.5 Å². The summed E-state index contributed by atoms with van der Waals surface area (Å²) in [6, 6.07) is 14.1. The van der Waals surface area contributed by atoms with E-state index in [2.05, 4.69) is 20.2 Å². The number of rotatable bonds is 3. The summed E-state index contributed by atoms with van der Waals surface area (Å²) in [6.07, 6.45) is 4.39. The fourth-order valence-electron chi connectivity index (χ4n) is 3.91. The minimum Gasteiger partial charge on any atom is -0.403 e. The Bertz CT molecular complexity index is 1300. The minimum absolute atomic E-state index is 0.263. The van der Waals surface area contributed by atoms with Gasteiger partial charge in [-0.3, -0.25) is 0 Å². The first kappa shape index (κ1) is 16.9. The Morgan fingerprint density at radius 3 is 2.87 bits per heavy atom. The number of hydrogen-bond donors (Lipinski definition) is 1. The fourth-order valence-corrected chi connectivity index (χ4v) is 3.91. The van der Waals surface area contributed by atoms with Gasteiger partial charge in [0.15, 0.2) is 0 Å². The zero-order chi connectivity index (χ0) is 20.1. The lowest BCUT2D eigenvalue weighted by atomic mass is 10.0. The molecule has 0 bridgehead atoms. The molecule has 30 heavy (non-hydrogen) atoms. The fraction of sp³-hybridized carbons (Fsp3) is 0.143. The number of pyridine rings is 1. The molecule has 1 aromatic carbocycles. The summed E-state index contributed by atoms with van der Waals surface area (Å²) in [7, 11) is 0. The van der Waals surface area contributed by atoms with Crippen LogP contribution in [0.3, 0.4) is 0 Å². The number of aromatic nitrogens is 6. The van der Waals surface area contributed by atoms with Crippen molar-refractivity contribution in [3.05, 3.63) is 84.0 Å². The lowest BCUT2D eigenvalue weighted by molar-refractivity contribution is 0.503. The van der Waals surface area contributed by atoms with Gasteiger partial charge in [-0.05, 0) is 42.5 Å². The molecule has 6 rings (SSSR count). The highest BCUT2D eigenvalue weighted by molar-refractivity contribution is 5.55. The molecule has 0 saturated carbocycles. The maximum Gasteiger partial charge on any atom is 0.319 e. The van der Waals surface area contributed by atoms with Gasteiger partial charge in [0.2, 0.25) is 5.89 Å². The van der Waals surface area contributed by atoms with Gasteiger partial charge >= 0.3 is 6.01 Å². The number of nitrogens with zero attached hydrogens (tertiary/aromatic N) is 6. The van der Waals surface area contributed by atoms with E-state index in [1.807, 2.05) is 39.9 Å². The van der Waals surface area contributed by atoms with Crippen molar-refractivity contribution in [1.82, 2.24) is 29.8 Å². The van der Waals surface area contributed by atoms with Crippen molar-refractivity contribution in [3.63, 3.8) is 0 Å². The number of H-pyrrole nitrogens is 1. The van der Waals surface area contributed by atoms with Crippen molar-refractivity contribution in [2.24, 2.45) is 0 Å². The highest BCUT2D eigenvalue weighted by Gasteiger charge is 2.35. The van der Waals surface area contributed by atoms with Crippen LogP contribution in [0.2, 0.25) is 0 Å². The maximum absolute atomic E-state index is 13.2. The molecule has 1 aliphatic heterocycles. The number of benzene rings is 1. The third kappa shape index (κ3) is 2.66. The van der Waals surface area contributed by atoms with Gasteiger partial charge in [-0.25, -0.2) is 13.9 Å². The summed E-state index contributed by atoms with van der Waals surface area (Å²) < 4.78 is 21.1. The summed E-state index contributed by atoms with van der Waals surface area (Å²) in [5.74, 6) is 0.0269. The molecule has 5 aromatic rings. The van der Waals surface area contributed by atoms with Crippen LogP contribution in [-0.4, -0.2) is 36.3 Å². The third-order valence-corrected chi connectivity index (χ3v) is 5.35. The van der Waals surface area contributed by atoms with Gasteiger partial charge in [0, 0.05) is 30.4 Å². The second kappa shape index (κ2) is 6.51. The Labute approximate surface area is 170 Å². The molecule has 0 fully saturated rings. The number of nitrogens with one attached hydrogen (secondary N) is 1. The van der Waals surface area contributed by atoms with E-state index in [4.69, 9.17) is 9.52 Å². The summed E-state index contributed by atoms with van der Waals surface area (Å²) >= 11 is 0. The average molecular weight is 401 g/mol. The van der Waals surface area contributed by atoms with Crippen LogP contribution >= 0.6 is 0 Å². The first-order valence-corrected chi connectivity index (χ1v) is 9.59. The van der Waals surface area contributed by atoms with E-state index >= 15 is 0 Å². The zero-order valence-electron chi connectivity index (χ0n) is 15.7. The normalized spacial score (nSPS) is 16.2. The van der Waals surface area contributed by atoms with Crippen LogP contribution in [0.15, 0.2) is 65.5 Å². The molecule has 5 heterocycles. The third-order valence-electron chi connectivity index (χ3n) is 5.35. The highest BCUT2D eigenvalue weighted by atomic mass is 19.1. The standard InChI is InChI=1S/C21H16FN7O/c22-14-6-4-13(5-7-14)20-25-26-21(30-20)28-10-8-16-18(24-12-23-16)19(28)17-11-15-3-1-2-9-29(15)27-17/h1-7,9,11-12,19H,8,10H2,(H,23,24)/t19-/m0/s1. The molecule has 1 N–H and O–H groups in total. The second-order valence-electron chi connectivity index (χ2n) is 7.15. The van der Waals surface area contributed by atoms with Gasteiger partial charge in [0.25, 0.3) is 0 Å². The largest absolute Gasteiger partial charge is 0.403 e. The molecule has 1 aliphatic rings. The molecule has 148 valence electrons. The van der Waals surface area contributed by atoms with Crippen LogP contribution in [0, 0.1) is 5.82 Å². The van der Waals surface area contributed by atoms with Crippen LogP contribution in [0.5, 0.6) is 0 Å². The van der Waals surface area contributed by atoms with Gasteiger partial charge < -0.3 is 14.3 Å². The molecule has 0 spiro atoms. The van der Waals surface area contributed by atoms with Gasteiger partial charge in [0.1, 0.15) is 11.9 Å². The molecule has 4 aromatic heterocycles. The first-order chi connectivity index (χ1) is 14.8. The molecule has 1 atom stereocenters.